The molecule has 18 heavy (non-hydrogen) atoms. The highest BCUT2D eigenvalue weighted by Gasteiger charge is 2.40. The summed E-state index contributed by atoms with van der Waals surface area (Å²) in [4.78, 5) is 0. The zero-order chi connectivity index (χ0) is 13.2. The van der Waals surface area contributed by atoms with E-state index in [0.717, 1.165) is 24.8 Å². The Bertz CT molecular complexity index is 381. The van der Waals surface area contributed by atoms with Crippen LogP contribution in [0.15, 0.2) is 24.3 Å². The first-order chi connectivity index (χ1) is 8.58. The lowest BCUT2D eigenvalue weighted by Crippen LogP contribution is -2.40. The lowest BCUT2D eigenvalue weighted by atomic mass is 9.67. The van der Waals surface area contributed by atoms with Gasteiger partial charge in [-0.25, -0.2) is 0 Å². The molecule has 1 aliphatic carbocycles. The van der Waals surface area contributed by atoms with Gasteiger partial charge in [0, 0.05) is 0 Å². The molecule has 1 aromatic rings. The summed E-state index contributed by atoms with van der Waals surface area (Å²) in [5, 5.41) is 11.0. The third-order valence-corrected chi connectivity index (χ3v) is 4.82. The minimum atomic E-state index is -0.609. The molecule has 3 unspecified atom stereocenters. The molecule has 0 bridgehead atoms. The van der Waals surface area contributed by atoms with Gasteiger partial charge in [0.1, 0.15) is 0 Å². The largest absolute Gasteiger partial charge is 0.385 e. The fraction of sp³-hybridized carbons (Fsp3) is 0.647. The summed E-state index contributed by atoms with van der Waals surface area (Å²) in [6, 6.07) is 8.64. The molecular weight excluding hydrogens is 220 g/mol. The Balaban J connectivity index is 2.23. The van der Waals surface area contributed by atoms with Gasteiger partial charge in [-0.2, -0.15) is 0 Å². The van der Waals surface area contributed by atoms with E-state index < -0.39 is 5.60 Å². The monoisotopic (exact) mass is 246 g/mol. The van der Waals surface area contributed by atoms with Crippen molar-refractivity contribution in [3.05, 3.63) is 35.4 Å². The molecule has 1 heteroatoms. The van der Waals surface area contributed by atoms with Gasteiger partial charge in [-0.1, -0.05) is 57.9 Å². The number of benzene rings is 1. The van der Waals surface area contributed by atoms with Crippen LogP contribution in [0.3, 0.4) is 0 Å². The van der Waals surface area contributed by atoms with E-state index in [9.17, 15) is 5.11 Å². The summed E-state index contributed by atoms with van der Waals surface area (Å²) in [6.07, 6.45) is 5.60. The van der Waals surface area contributed by atoms with Crippen molar-refractivity contribution < 1.29 is 5.11 Å². The fourth-order valence-electron chi connectivity index (χ4n) is 3.30. The molecule has 0 amide bonds. The highest BCUT2D eigenvalue weighted by atomic mass is 16.3. The van der Waals surface area contributed by atoms with Crippen molar-refractivity contribution in [1.29, 1.82) is 0 Å². The standard InChI is InChI=1S/C17H26O/c1-4-6-15-8-10-16(11-9-15)17(18)12-5-7-13(2)14(17)3/h8-11,13-14,18H,4-7,12H2,1-3H3. The Labute approximate surface area is 111 Å². The number of aryl methyl sites for hydroxylation is 1. The lowest BCUT2D eigenvalue weighted by Gasteiger charge is -2.42. The van der Waals surface area contributed by atoms with Gasteiger partial charge in [0.2, 0.25) is 0 Å². The zero-order valence-electron chi connectivity index (χ0n) is 11.9. The zero-order valence-corrected chi connectivity index (χ0v) is 11.9. The highest BCUT2D eigenvalue weighted by Crippen LogP contribution is 2.44. The van der Waals surface area contributed by atoms with Crippen LogP contribution in [0.4, 0.5) is 0 Å². The Hall–Kier alpha value is -0.820. The van der Waals surface area contributed by atoms with E-state index in [1.165, 1.54) is 18.4 Å². The first kappa shape index (κ1) is 13.6. The molecule has 1 nitrogen and oxygen atoms in total. The molecule has 0 aromatic heterocycles. The summed E-state index contributed by atoms with van der Waals surface area (Å²) >= 11 is 0. The van der Waals surface area contributed by atoms with Gasteiger partial charge in [-0.3, -0.25) is 0 Å². The van der Waals surface area contributed by atoms with Crippen LogP contribution < -0.4 is 0 Å². The topological polar surface area (TPSA) is 20.2 Å². The van der Waals surface area contributed by atoms with Crippen molar-refractivity contribution in [2.24, 2.45) is 11.8 Å². The van der Waals surface area contributed by atoms with Crippen LogP contribution in [-0.2, 0) is 12.0 Å². The Morgan fingerprint density at radius 1 is 1.22 bits per heavy atom. The Morgan fingerprint density at radius 2 is 1.89 bits per heavy atom. The fourth-order valence-corrected chi connectivity index (χ4v) is 3.30. The molecular formula is C17H26O. The van der Waals surface area contributed by atoms with Crippen LogP contribution in [0.1, 0.15) is 57.6 Å². The van der Waals surface area contributed by atoms with E-state index >= 15 is 0 Å². The molecule has 0 spiro atoms. The molecule has 100 valence electrons. The molecule has 0 radical (unpaired) electrons. The van der Waals surface area contributed by atoms with E-state index in [4.69, 9.17) is 0 Å². The molecule has 0 saturated heterocycles. The number of aliphatic hydroxyl groups is 1. The van der Waals surface area contributed by atoms with Gasteiger partial charge >= 0.3 is 0 Å². The molecule has 2 rings (SSSR count). The molecule has 1 aliphatic rings. The lowest BCUT2D eigenvalue weighted by molar-refractivity contribution is -0.0688. The first-order valence-corrected chi connectivity index (χ1v) is 7.39. The van der Waals surface area contributed by atoms with Gasteiger partial charge in [0.05, 0.1) is 5.60 Å². The Morgan fingerprint density at radius 3 is 2.50 bits per heavy atom. The van der Waals surface area contributed by atoms with Gasteiger partial charge in [0.15, 0.2) is 0 Å². The summed E-state index contributed by atoms with van der Waals surface area (Å²) in [6.45, 7) is 6.66. The molecule has 1 fully saturated rings. The summed E-state index contributed by atoms with van der Waals surface area (Å²) < 4.78 is 0. The third-order valence-electron chi connectivity index (χ3n) is 4.82. The van der Waals surface area contributed by atoms with E-state index in [1.54, 1.807) is 0 Å². The van der Waals surface area contributed by atoms with E-state index in [0.29, 0.717) is 11.8 Å². The van der Waals surface area contributed by atoms with E-state index in [1.807, 2.05) is 0 Å². The second-order valence-electron chi connectivity index (χ2n) is 6.03. The quantitative estimate of drug-likeness (QED) is 0.844. The summed E-state index contributed by atoms with van der Waals surface area (Å²) in [5.74, 6) is 0.961. The second kappa shape index (κ2) is 5.44. The van der Waals surface area contributed by atoms with Crippen molar-refractivity contribution in [2.45, 2.75) is 58.5 Å². The van der Waals surface area contributed by atoms with Crippen molar-refractivity contribution >= 4 is 0 Å². The van der Waals surface area contributed by atoms with Crippen LogP contribution in [0.25, 0.3) is 0 Å². The van der Waals surface area contributed by atoms with Gasteiger partial charge in [0.25, 0.3) is 0 Å². The van der Waals surface area contributed by atoms with Crippen LogP contribution in [-0.4, -0.2) is 5.11 Å². The van der Waals surface area contributed by atoms with Crippen LogP contribution in [0.5, 0.6) is 0 Å². The predicted octanol–water partition coefficient (Wildman–Crippen LogP) is 4.28. The third kappa shape index (κ3) is 2.47. The molecule has 0 aliphatic heterocycles. The average molecular weight is 246 g/mol. The summed E-state index contributed by atoms with van der Waals surface area (Å²) in [7, 11) is 0. The summed E-state index contributed by atoms with van der Waals surface area (Å²) in [5.41, 5.74) is 1.88. The van der Waals surface area contributed by atoms with Crippen LogP contribution >= 0.6 is 0 Å². The van der Waals surface area contributed by atoms with E-state index in [-0.39, 0.29) is 0 Å². The SMILES string of the molecule is CCCc1ccc(C2(O)CCCC(C)C2C)cc1. The molecule has 1 aromatic carbocycles. The number of hydrogen-bond acceptors (Lipinski definition) is 1. The van der Waals surface area contributed by atoms with Gasteiger partial charge in [-0.05, 0) is 42.2 Å². The molecule has 0 heterocycles. The molecule has 1 saturated carbocycles. The average Bonchev–Trinajstić information content (AvgIpc) is 2.37. The normalized spacial score (nSPS) is 32.4. The maximum Gasteiger partial charge on any atom is 0.0924 e. The van der Waals surface area contributed by atoms with Crippen molar-refractivity contribution in [1.82, 2.24) is 0 Å². The Kier molecular flexibility index (Phi) is 4.11. The highest BCUT2D eigenvalue weighted by molar-refractivity contribution is 5.28. The maximum atomic E-state index is 11.0. The minimum Gasteiger partial charge on any atom is -0.385 e. The molecule has 1 N–H and O–H groups in total. The van der Waals surface area contributed by atoms with Crippen LogP contribution in [0.2, 0.25) is 0 Å². The van der Waals surface area contributed by atoms with Gasteiger partial charge in [-0.15, -0.1) is 0 Å². The number of hydrogen-bond donors (Lipinski definition) is 1. The smallest absolute Gasteiger partial charge is 0.0924 e. The van der Waals surface area contributed by atoms with E-state index in [2.05, 4.69) is 45.0 Å². The predicted molar refractivity (Wildman–Crippen MR) is 76.5 cm³/mol. The second-order valence-corrected chi connectivity index (χ2v) is 6.03. The van der Waals surface area contributed by atoms with Crippen molar-refractivity contribution in [3.63, 3.8) is 0 Å². The first-order valence-electron chi connectivity index (χ1n) is 7.39. The number of rotatable bonds is 3. The van der Waals surface area contributed by atoms with Crippen molar-refractivity contribution in [3.8, 4) is 0 Å². The van der Waals surface area contributed by atoms with Crippen LogP contribution in [0, 0.1) is 11.8 Å². The molecule has 3 atom stereocenters. The minimum absolute atomic E-state index is 0.350. The maximum absolute atomic E-state index is 11.0. The van der Waals surface area contributed by atoms with Gasteiger partial charge < -0.3 is 5.11 Å². The van der Waals surface area contributed by atoms with Crippen molar-refractivity contribution in [2.75, 3.05) is 0 Å².